The van der Waals surface area contributed by atoms with Gasteiger partial charge in [-0.3, -0.25) is 9.59 Å². The standard InChI is InChI=1S/C30H49N3O2/c1-5-13-26(14-6-2)33-28(34)27(23-24(3)4)31-29(35)30(33)18-21-32(22-19-30)20-12-8-11-17-25-15-9-7-10-16-25/h7,9-10,15-16,24,26-27H,5-6,8,11-14,17-23H2,1-4H3,(H,31,35)/t27-/m0/s1. The van der Waals surface area contributed by atoms with Crippen LogP contribution in [0.25, 0.3) is 0 Å². The smallest absolute Gasteiger partial charge is 0.246 e. The summed E-state index contributed by atoms with van der Waals surface area (Å²) in [7, 11) is 0. The largest absolute Gasteiger partial charge is 0.342 e. The van der Waals surface area contributed by atoms with E-state index in [1.807, 2.05) is 0 Å². The molecule has 0 saturated carbocycles. The molecule has 3 rings (SSSR count). The molecule has 1 aromatic rings. The molecule has 2 amide bonds. The summed E-state index contributed by atoms with van der Waals surface area (Å²) in [5, 5.41) is 3.17. The van der Waals surface area contributed by atoms with Crippen LogP contribution in [0, 0.1) is 5.92 Å². The van der Waals surface area contributed by atoms with Gasteiger partial charge in [-0.05, 0) is 69.4 Å². The molecule has 1 N–H and O–H groups in total. The van der Waals surface area contributed by atoms with Gasteiger partial charge in [0.15, 0.2) is 0 Å². The second-order valence-corrected chi connectivity index (χ2v) is 11.3. The topological polar surface area (TPSA) is 52.7 Å². The van der Waals surface area contributed by atoms with Gasteiger partial charge in [0.05, 0.1) is 0 Å². The number of likely N-dealkylation sites (tertiary alicyclic amines) is 1. The maximum atomic E-state index is 13.8. The van der Waals surface area contributed by atoms with Crippen molar-refractivity contribution in [3.63, 3.8) is 0 Å². The summed E-state index contributed by atoms with van der Waals surface area (Å²) in [5.41, 5.74) is 0.758. The number of piperazine rings is 1. The zero-order valence-corrected chi connectivity index (χ0v) is 22.7. The highest BCUT2D eigenvalue weighted by Crippen LogP contribution is 2.37. The average Bonchev–Trinajstić information content (AvgIpc) is 2.84. The van der Waals surface area contributed by atoms with Gasteiger partial charge in [0, 0.05) is 19.1 Å². The minimum atomic E-state index is -0.663. The number of carbonyl (C=O) groups is 2. The van der Waals surface area contributed by atoms with E-state index in [1.165, 1.54) is 24.8 Å². The molecule has 2 heterocycles. The maximum Gasteiger partial charge on any atom is 0.246 e. The van der Waals surface area contributed by atoms with Crippen LogP contribution >= 0.6 is 0 Å². The predicted octanol–water partition coefficient (Wildman–Crippen LogP) is 5.58. The third-order valence-electron chi connectivity index (χ3n) is 8.01. The van der Waals surface area contributed by atoms with Crippen LogP contribution in [0.15, 0.2) is 30.3 Å². The number of carbonyl (C=O) groups excluding carboxylic acids is 2. The SMILES string of the molecule is CCCC(CCC)N1C(=O)[C@H](CC(C)C)NC(=O)C12CCN(CCCCCc1ccccc1)CC2. The van der Waals surface area contributed by atoms with Gasteiger partial charge in [0.2, 0.25) is 11.8 Å². The fraction of sp³-hybridized carbons (Fsp3) is 0.733. The van der Waals surface area contributed by atoms with E-state index in [9.17, 15) is 9.59 Å². The van der Waals surface area contributed by atoms with Crippen molar-refractivity contribution in [3.8, 4) is 0 Å². The number of aryl methyl sites for hydroxylation is 1. The Morgan fingerprint density at radius 3 is 2.23 bits per heavy atom. The van der Waals surface area contributed by atoms with E-state index in [1.54, 1.807) is 0 Å². The lowest BCUT2D eigenvalue weighted by Crippen LogP contribution is -2.74. The second kappa shape index (κ2) is 13.4. The number of benzene rings is 1. The highest BCUT2D eigenvalue weighted by molar-refractivity contribution is 6.00. The average molecular weight is 484 g/mol. The van der Waals surface area contributed by atoms with Crippen molar-refractivity contribution in [2.45, 2.75) is 116 Å². The van der Waals surface area contributed by atoms with Gasteiger partial charge in [-0.1, -0.05) is 77.3 Å². The fourth-order valence-electron chi connectivity index (χ4n) is 6.17. The van der Waals surface area contributed by atoms with Gasteiger partial charge in [0.25, 0.3) is 0 Å². The zero-order valence-electron chi connectivity index (χ0n) is 22.7. The Balaban J connectivity index is 1.61. The van der Waals surface area contributed by atoms with E-state index in [0.29, 0.717) is 5.92 Å². The van der Waals surface area contributed by atoms with Crippen LogP contribution in [0.3, 0.4) is 0 Å². The van der Waals surface area contributed by atoms with Crippen molar-refractivity contribution in [3.05, 3.63) is 35.9 Å². The van der Waals surface area contributed by atoms with Crippen molar-refractivity contribution in [2.75, 3.05) is 19.6 Å². The molecule has 1 spiro atoms. The minimum absolute atomic E-state index is 0.0995. The molecule has 2 fully saturated rings. The second-order valence-electron chi connectivity index (χ2n) is 11.3. The Bertz CT molecular complexity index is 780. The third-order valence-corrected chi connectivity index (χ3v) is 8.01. The van der Waals surface area contributed by atoms with Crippen LogP contribution in [0.2, 0.25) is 0 Å². The molecule has 0 aliphatic carbocycles. The Hall–Kier alpha value is -1.88. The molecule has 0 radical (unpaired) electrons. The molecule has 0 bridgehead atoms. The van der Waals surface area contributed by atoms with Crippen molar-refractivity contribution < 1.29 is 9.59 Å². The molecule has 2 saturated heterocycles. The molecule has 0 aromatic heterocycles. The quantitative estimate of drug-likeness (QED) is 0.373. The molecule has 0 unspecified atom stereocenters. The predicted molar refractivity (Wildman–Crippen MR) is 144 cm³/mol. The lowest BCUT2D eigenvalue weighted by atomic mass is 9.79. The molecule has 5 heteroatoms. The monoisotopic (exact) mass is 483 g/mol. The first-order chi connectivity index (χ1) is 16.9. The van der Waals surface area contributed by atoms with Crippen molar-refractivity contribution in [1.82, 2.24) is 15.1 Å². The molecule has 5 nitrogen and oxygen atoms in total. The molecular formula is C30H49N3O2. The number of unbranched alkanes of at least 4 members (excludes halogenated alkanes) is 2. The summed E-state index contributed by atoms with van der Waals surface area (Å²) in [5.74, 6) is 0.640. The van der Waals surface area contributed by atoms with Gasteiger partial charge in [-0.15, -0.1) is 0 Å². The summed E-state index contributed by atoms with van der Waals surface area (Å²) < 4.78 is 0. The van der Waals surface area contributed by atoms with Crippen molar-refractivity contribution in [1.29, 1.82) is 0 Å². The molecular weight excluding hydrogens is 434 g/mol. The molecule has 2 aliphatic rings. The number of nitrogens with one attached hydrogen (secondary N) is 1. The Labute approximate surface area is 214 Å². The molecule has 1 atom stereocenters. The first-order valence-electron chi connectivity index (χ1n) is 14.3. The van der Waals surface area contributed by atoms with Gasteiger partial charge in [-0.2, -0.15) is 0 Å². The van der Waals surface area contributed by atoms with Crippen LogP contribution in [-0.4, -0.2) is 58.9 Å². The van der Waals surface area contributed by atoms with E-state index in [2.05, 4.69) is 73.1 Å². The first kappa shape index (κ1) is 27.7. The number of hydrogen-bond acceptors (Lipinski definition) is 3. The lowest BCUT2D eigenvalue weighted by Gasteiger charge is -2.54. The van der Waals surface area contributed by atoms with E-state index >= 15 is 0 Å². The van der Waals surface area contributed by atoms with Crippen LogP contribution < -0.4 is 5.32 Å². The minimum Gasteiger partial charge on any atom is -0.342 e. The van der Waals surface area contributed by atoms with E-state index < -0.39 is 5.54 Å². The van der Waals surface area contributed by atoms with Gasteiger partial charge < -0.3 is 15.1 Å². The number of piperidine rings is 1. The van der Waals surface area contributed by atoms with Crippen molar-refractivity contribution in [2.24, 2.45) is 5.92 Å². The van der Waals surface area contributed by atoms with Crippen LogP contribution in [0.5, 0.6) is 0 Å². The highest BCUT2D eigenvalue weighted by Gasteiger charge is 2.55. The molecule has 196 valence electrons. The van der Waals surface area contributed by atoms with Crippen molar-refractivity contribution >= 4 is 11.8 Å². The Morgan fingerprint density at radius 2 is 1.63 bits per heavy atom. The number of nitrogens with zero attached hydrogens (tertiary/aromatic N) is 2. The van der Waals surface area contributed by atoms with Crippen LogP contribution in [0.4, 0.5) is 0 Å². The third kappa shape index (κ3) is 7.09. The zero-order chi connectivity index (χ0) is 25.3. The van der Waals surface area contributed by atoms with E-state index in [4.69, 9.17) is 0 Å². The summed E-state index contributed by atoms with van der Waals surface area (Å²) in [6.07, 6.45) is 11.1. The van der Waals surface area contributed by atoms with Crippen LogP contribution in [-0.2, 0) is 16.0 Å². The Kier molecular flexibility index (Phi) is 10.6. The van der Waals surface area contributed by atoms with E-state index in [0.717, 1.165) is 71.0 Å². The Morgan fingerprint density at radius 1 is 0.971 bits per heavy atom. The van der Waals surface area contributed by atoms with Gasteiger partial charge >= 0.3 is 0 Å². The summed E-state index contributed by atoms with van der Waals surface area (Å²) in [6, 6.07) is 10.5. The molecule has 1 aromatic carbocycles. The number of rotatable bonds is 13. The van der Waals surface area contributed by atoms with Gasteiger partial charge in [-0.25, -0.2) is 0 Å². The summed E-state index contributed by atoms with van der Waals surface area (Å²) in [4.78, 5) is 32.1. The molecule has 2 aliphatic heterocycles. The number of amides is 2. The highest BCUT2D eigenvalue weighted by atomic mass is 16.2. The summed E-state index contributed by atoms with van der Waals surface area (Å²) in [6.45, 7) is 11.5. The fourth-order valence-corrected chi connectivity index (χ4v) is 6.17. The summed E-state index contributed by atoms with van der Waals surface area (Å²) >= 11 is 0. The maximum absolute atomic E-state index is 13.8. The van der Waals surface area contributed by atoms with Crippen LogP contribution in [0.1, 0.15) is 97.5 Å². The van der Waals surface area contributed by atoms with E-state index in [-0.39, 0.29) is 23.9 Å². The lowest BCUT2D eigenvalue weighted by molar-refractivity contribution is -0.166. The molecule has 35 heavy (non-hydrogen) atoms. The number of hydrogen-bond donors (Lipinski definition) is 1. The normalized spacial score (nSPS) is 20.7. The van der Waals surface area contributed by atoms with Gasteiger partial charge in [0.1, 0.15) is 11.6 Å². The first-order valence-corrected chi connectivity index (χ1v) is 14.3.